The summed E-state index contributed by atoms with van der Waals surface area (Å²) in [6.45, 7) is 8.46. The van der Waals surface area contributed by atoms with E-state index in [9.17, 15) is 0 Å². The highest BCUT2D eigenvalue weighted by molar-refractivity contribution is 5.50. The fourth-order valence-corrected chi connectivity index (χ4v) is 3.24. The Morgan fingerprint density at radius 3 is 2.52 bits per heavy atom. The maximum Gasteiger partial charge on any atom is 0.134 e. The smallest absolute Gasteiger partial charge is 0.134 e. The van der Waals surface area contributed by atoms with E-state index in [2.05, 4.69) is 42.0 Å². The van der Waals surface area contributed by atoms with Crippen molar-refractivity contribution in [1.82, 2.24) is 9.97 Å². The van der Waals surface area contributed by atoms with Crippen LogP contribution in [0.3, 0.4) is 0 Å². The topological polar surface area (TPSA) is 41.1 Å². The molecule has 0 aromatic carbocycles. The molecule has 0 amide bonds. The van der Waals surface area contributed by atoms with E-state index in [0.717, 1.165) is 43.4 Å². The summed E-state index contributed by atoms with van der Waals surface area (Å²) < 4.78 is 0. The molecule has 1 aromatic heterocycles. The van der Waals surface area contributed by atoms with Gasteiger partial charge in [-0.3, -0.25) is 0 Å². The van der Waals surface area contributed by atoms with Gasteiger partial charge in [-0.25, -0.2) is 9.97 Å². The number of rotatable bonds is 7. The molecule has 4 heteroatoms. The van der Waals surface area contributed by atoms with Gasteiger partial charge >= 0.3 is 0 Å². The molecule has 118 valence electrons. The monoisotopic (exact) mass is 290 g/mol. The third-order valence-corrected chi connectivity index (χ3v) is 4.24. The summed E-state index contributed by atoms with van der Waals surface area (Å²) in [6.07, 6.45) is 8.75. The molecule has 0 spiro atoms. The molecule has 0 radical (unpaired) electrons. The molecular weight excluding hydrogens is 260 g/mol. The zero-order valence-corrected chi connectivity index (χ0v) is 13.9. The highest BCUT2D eigenvalue weighted by Crippen LogP contribution is 2.27. The van der Waals surface area contributed by atoms with Crippen LogP contribution in [0.1, 0.15) is 65.1 Å². The SMILES string of the molecule is CCCc1nc(NCC)cc(N(CC)C2CCCCC2)n1. The number of aryl methyl sites for hydroxylation is 1. The summed E-state index contributed by atoms with van der Waals surface area (Å²) in [6, 6.07) is 2.78. The summed E-state index contributed by atoms with van der Waals surface area (Å²) in [5.74, 6) is 3.05. The van der Waals surface area contributed by atoms with Crippen molar-refractivity contribution in [3.63, 3.8) is 0 Å². The molecule has 0 atom stereocenters. The molecular formula is C17H30N4. The van der Waals surface area contributed by atoms with E-state index in [1.54, 1.807) is 0 Å². The van der Waals surface area contributed by atoms with Crippen molar-refractivity contribution in [2.24, 2.45) is 0 Å². The van der Waals surface area contributed by atoms with Crippen LogP contribution in [-0.2, 0) is 6.42 Å². The van der Waals surface area contributed by atoms with Gasteiger partial charge < -0.3 is 10.2 Å². The molecule has 0 bridgehead atoms. The first-order chi connectivity index (χ1) is 10.3. The molecule has 1 N–H and O–H groups in total. The first-order valence-corrected chi connectivity index (χ1v) is 8.66. The van der Waals surface area contributed by atoms with E-state index in [4.69, 9.17) is 4.98 Å². The minimum atomic E-state index is 0.655. The zero-order chi connectivity index (χ0) is 15.1. The van der Waals surface area contributed by atoms with Gasteiger partial charge in [0.25, 0.3) is 0 Å². The Morgan fingerprint density at radius 2 is 1.90 bits per heavy atom. The molecule has 4 nitrogen and oxygen atoms in total. The number of hydrogen-bond donors (Lipinski definition) is 1. The molecule has 1 aromatic rings. The van der Waals surface area contributed by atoms with Crippen molar-refractivity contribution in [2.45, 2.75) is 71.8 Å². The Kier molecular flexibility index (Phi) is 6.27. The third-order valence-electron chi connectivity index (χ3n) is 4.24. The minimum Gasteiger partial charge on any atom is -0.370 e. The molecule has 1 aliphatic rings. The van der Waals surface area contributed by atoms with Crippen molar-refractivity contribution in [2.75, 3.05) is 23.3 Å². The van der Waals surface area contributed by atoms with Crippen molar-refractivity contribution >= 4 is 11.6 Å². The van der Waals surface area contributed by atoms with E-state index < -0.39 is 0 Å². The van der Waals surface area contributed by atoms with E-state index in [0.29, 0.717) is 6.04 Å². The fourth-order valence-electron chi connectivity index (χ4n) is 3.24. The van der Waals surface area contributed by atoms with Crippen LogP contribution in [0.5, 0.6) is 0 Å². The van der Waals surface area contributed by atoms with Gasteiger partial charge in [0.15, 0.2) is 0 Å². The molecule has 1 heterocycles. The van der Waals surface area contributed by atoms with E-state index in [-0.39, 0.29) is 0 Å². The third kappa shape index (κ3) is 4.32. The largest absolute Gasteiger partial charge is 0.370 e. The Labute approximate surface area is 129 Å². The molecule has 0 aliphatic heterocycles. The number of aromatic nitrogens is 2. The first-order valence-electron chi connectivity index (χ1n) is 8.66. The number of anilines is 2. The van der Waals surface area contributed by atoms with Gasteiger partial charge in [0.1, 0.15) is 17.5 Å². The lowest BCUT2D eigenvalue weighted by atomic mass is 9.94. The van der Waals surface area contributed by atoms with Gasteiger partial charge in [-0.1, -0.05) is 26.2 Å². The fraction of sp³-hybridized carbons (Fsp3) is 0.765. The van der Waals surface area contributed by atoms with E-state index >= 15 is 0 Å². The molecule has 0 unspecified atom stereocenters. The summed E-state index contributed by atoms with van der Waals surface area (Å²) in [5, 5.41) is 3.35. The van der Waals surface area contributed by atoms with Crippen LogP contribution in [0.15, 0.2) is 6.07 Å². The summed E-state index contributed by atoms with van der Waals surface area (Å²) in [4.78, 5) is 11.9. The van der Waals surface area contributed by atoms with Crippen LogP contribution in [0.2, 0.25) is 0 Å². The Morgan fingerprint density at radius 1 is 1.14 bits per heavy atom. The van der Waals surface area contributed by atoms with Crippen molar-refractivity contribution < 1.29 is 0 Å². The first kappa shape index (κ1) is 16.1. The van der Waals surface area contributed by atoms with Gasteiger partial charge in [0.05, 0.1) is 0 Å². The van der Waals surface area contributed by atoms with Crippen LogP contribution in [0.4, 0.5) is 11.6 Å². The lowest BCUT2D eigenvalue weighted by molar-refractivity contribution is 0.416. The lowest BCUT2D eigenvalue weighted by Crippen LogP contribution is -2.37. The predicted molar refractivity (Wildman–Crippen MR) is 90.1 cm³/mol. The lowest BCUT2D eigenvalue weighted by Gasteiger charge is -2.34. The van der Waals surface area contributed by atoms with Crippen LogP contribution in [0, 0.1) is 0 Å². The van der Waals surface area contributed by atoms with Crippen LogP contribution in [-0.4, -0.2) is 29.1 Å². The summed E-state index contributed by atoms with van der Waals surface area (Å²) in [7, 11) is 0. The Hall–Kier alpha value is -1.32. The van der Waals surface area contributed by atoms with Gasteiger partial charge in [-0.2, -0.15) is 0 Å². The average Bonchev–Trinajstić information content (AvgIpc) is 2.50. The van der Waals surface area contributed by atoms with Crippen LogP contribution >= 0.6 is 0 Å². The average molecular weight is 290 g/mol. The standard InChI is InChI=1S/C17H30N4/c1-4-10-15-19-16(18-5-2)13-17(20-15)21(6-3)14-11-8-7-9-12-14/h13-14H,4-12H2,1-3H3,(H,18,19,20). The van der Waals surface area contributed by atoms with Crippen molar-refractivity contribution in [3.05, 3.63) is 11.9 Å². The second kappa shape index (κ2) is 8.20. The maximum atomic E-state index is 4.83. The molecule has 0 saturated heterocycles. The summed E-state index contributed by atoms with van der Waals surface area (Å²) in [5.41, 5.74) is 0. The maximum absolute atomic E-state index is 4.83. The Balaban J connectivity index is 2.25. The molecule has 2 rings (SSSR count). The van der Waals surface area contributed by atoms with Crippen molar-refractivity contribution in [3.8, 4) is 0 Å². The molecule has 21 heavy (non-hydrogen) atoms. The summed E-state index contributed by atoms with van der Waals surface area (Å²) >= 11 is 0. The van der Waals surface area contributed by atoms with Gasteiger partial charge in [0, 0.05) is 31.6 Å². The molecule has 1 saturated carbocycles. The predicted octanol–water partition coefficient (Wildman–Crippen LogP) is 4.02. The highest BCUT2D eigenvalue weighted by Gasteiger charge is 2.22. The number of nitrogens with one attached hydrogen (secondary N) is 1. The quantitative estimate of drug-likeness (QED) is 0.823. The molecule has 1 fully saturated rings. The molecule has 1 aliphatic carbocycles. The van der Waals surface area contributed by atoms with Crippen molar-refractivity contribution in [1.29, 1.82) is 0 Å². The van der Waals surface area contributed by atoms with Crippen LogP contribution < -0.4 is 10.2 Å². The minimum absolute atomic E-state index is 0.655. The number of nitrogens with zero attached hydrogens (tertiary/aromatic N) is 3. The second-order valence-corrected chi connectivity index (χ2v) is 5.89. The van der Waals surface area contributed by atoms with Crippen LogP contribution in [0.25, 0.3) is 0 Å². The second-order valence-electron chi connectivity index (χ2n) is 5.89. The normalized spacial score (nSPS) is 16.0. The highest BCUT2D eigenvalue weighted by atomic mass is 15.2. The Bertz CT molecular complexity index is 403. The number of hydrogen-bond acceptors (Lipinski definition) is 4. The zero-order valence-electron chi connectivity index (χ0n) is 13.9. The van der Waals surface area contributed by atoms with Gasteiger partial charge in [-0.05, 0) is 33.1 Å². The van der Waals surface area contributed by atoms with Gasteiger partial charge in [-0.15, -0.1) is 0 Å². The van der Waals surface area contributed by atoms with Gasteiger partial charge in [0.2, 0.25) is 0 Å². The van der Waals surface area contributed by atoms with E-state index in [1.807, 2.05) is 0 Å². The van der Waals surface area contributed by atoms with E-state index in [1.165, 1.54) is 32.1 Å².